The summed E-state index contributed by atoms with van der Waals surface area (Å²) in [4.78, 5) is 14.6. The predicted octanol–water partition coefficient (Wildman–Crippen LogP) is 2.04. The highest BCUT2D eigenvalue weighted by atomic mass is 16.3. The van der Waals surface area contributed by atoms with E-state index in [-0.39, 0.29) is 0 Å². The Bertz CT molecular complexity index is 650. The zero-order chi connectivity index (χ0) is 16.8. The lowest BCUT2D eigenvalue weighted by Gasteiger charge is -2.26. The summed E-state index contributed by atoms with van der Waals surface area (Å²) in [6.45, 7) is 4.10. The molecular weight excluding hydrogens is 304 g/mol. The van der Waals surface area contributed by atoms with Crippen LogP contribution in [0.3, 0.4) is 0 Å². The van der Waals surface area contributed by atoms with Crippen molar-refractivity contribution in [1.29, 1.82) is 0 Å². The van der Waals surface area contributed by atoms with E-state index in [0.29, 0.717) is 11.3 Å². The van der Waals surface area contributed by atoms with Crippen molar-refractivity contribution in [2.24, 2.45) is 0 Å². The number of nitrogens with zero attached hydrogens (tertiary/aromatic N) is 3. The molecule has 0 radical (unpaired) electrons. The maximum absolute atomic E-state index is 12.1. The Morgan fingerprint density at radius 1 is 1.17 bits per heavy atom. The van der Waals surface area contributed by atoms with Gasteiger partial charge in [-0.2, -0.15) is 5.10 Å². The van der Waals surface area contributed by atoms with E-state index in [4.69, 9.17) is 0 Å². The number of anilines is 1. The summed E-state index contributed by atoms with van der Waals surface area (Å²) in [7, 11) is 0. The quantitative estimate of drug-likeness (QED) is 0.851. The molecule has 0 bridgehead atoms. The van der Waals surface area contributed by atoms with Crippen molar-refractivity contribution in [2.75, 3.05) is 25.0 Å². The number of amides is 1. The van der Waals surface area contributed by atoms with E-state index in [1.54, 1.807) is 36.7 Å². The maximum atomic E-state index is 12.1. The van der Waals surface area contributed by atoms with Gasteiger partial charge in [-0.05, 0) is 31.5 Å². The minimum absolute atomic E-state index is 0.447. The van der Waals surface area contributed by atoms with Crippen molar-refractivity contribution in [1.82, 2.24) is 14.7 Å². The molecule has 0 unspecified atom stereocenters. The summed E-state index contributed by atoms with van der Waals surface area (Å²) >= 11 is 0. The number of aliphatic hydroxyl groups is 1. The summed E-state index contributed by atoms with van der Waals surface area (Å²) in [5.74, 6) is -0.447. The zero-order valence-corrected chi connectivity index (χ0v) is 13.8. The second kappa shape index (κ2) is 8.08. The molecule has 1 saturated heterocycles. The normalized spacial score (nSPS) is 16.7. The van der Waals surface area contributed by atoms with Crippen LogP contribution in [0.25, 0.3) is 0 Å². The van der Waals surface area contributed by atoms with Crippen LogP contribution in [0, 0.1) is 0 Å². The van der Waals surface area contributed by atoms with Crippen LogP contribution < -0.4 is 5.32 Å². The number of carbonyl (C=O) groups is 1. The molecule has 1 aromatic carbocycles. The number of carbonyl (C=O) groups excluding carboxylic acids is 1. The molecule has 1 atom stereocenters. The fourth-order valence-corrected chi connectivity index (χ4v) is 2.97. The Balaban J connectivity index is 1.50. The fraction of sp³-hybridized carbons (Fsp3) is 0.444. The molecule has 6 nitrogen and oxygen atoms in total. The smallest absolute Gasteiger partial charge is 0.257 e. The van der Waals surface area contributed by atoms with E-state index in [2.05, 4.69) is 15.3 Å². The molecule has 0 aliphatic carbocycles. The predicted molar refractivity (Wildman–Crippen MR) is 92.5 cm³/mol. The van der Waals surface area contributed by atoms with Gasteiger partial charge in [-0.3, -0.25) is 9.48 Å². The molecule has 1 aliphatic rings. The number of hydrogen-bond acceptors (Lipinski definition) is 4. The van der Waals surface area contributed by atoms with Gasteiger partial charge in [-0.15, -0.1) is 0 Å². The highest BCUT2D eigenvalue weighted by molar-refractivity contribution is 5.94. The third-order valence-corrected chi connectivity index (χ3v) is 4.36. The molecule has 24 heavy (non-hydrogen) atoms. The second-order valence-electron chi connectivity index (χ2n) is 6.20. The Kier molecular flexibility index (Phi) is 5.61. The molecule has 0 spiro atoms. The first kappa shape index (κ1) is 16.7. The van der Waals surface area contributed by atoms with Gasteiger partial charge in [0.05, 0.1) is 18.4 Å². The van der Waals surface area contributed by atoms with Gasteiger partial charge in [-0.25, -0.2) is 0 Å². The van der Waals surface area contributed by atoms with Crippen LogP contribution in [-0.4, -0.2) is 45.3 Å². The summed E-state index contributed by atoms with van der Waals surface area (Å²) in [5, 5.41) is 17.1. The summed E-state index contributed by atoms with van der Waals surface area (Å²) in [5.41, 5.74) is 1.18. The van der Waals surface area contributed by atoms with Crippen molar-refractivity contribution in [3.05, 3.63) is 48.3 Å². The molecule has 2 N–H and O–H groups in total. The van der Waals surface area contributed by atoms with Gasteiger partial charge in [0, 0.05) is 12.7 Å². The monoisotopic (exact) mass is 328 g/mol. The zero-order valence-electron chi connectivity index (χ0n) is 13.8. The Labute approximate surface area is 142 Å². The van der Waals surface area contributed by atoms with Crippen molar-refractivity contribution < 1.29 is 9.90 Å². The topological polar surface area (TPSA) is 70.4 Å². The molecule has 3 rings (SSSR count). The van der Waals surface area contributed by atoms with Crippen molar-refractivity contribution in [3.8, 4) is 0 Å². The van der Waals surface area contributed by atoms with Crippen LogP contribution in [0.1, 0.15) is 30.9 Å². The Morgan fingerprint density at radius 2 is 1.92 bits per heavy atom. The number of aliphatic hydroxyl groups excluding tert-OH is 1. The minimum Gasteiger partial charge on any atom is -0.378 e. The van der Waals surface area contributed by atoms with Gasteiger partial charge in [0.1, 0.15) is 0 Å². The first-order valence-corrected chi connectivity index (χ1v) is 8.51. The number of aromatic nitrogens is 2. The number of benzene rings is 1. The number of likely N-dealkylation sites (tertiary alicyclic amines) is 1. The second-order valence-corrected chi connectivity index (χ2v) is 6.20. The van der Waals surface area contributed by atoms with Crippen LogP contribution >= 0.6 is 0 Å². The first-order chi connectivity index (χ1) is 11.7. The van der Waals surface area contributed by atoms with Gasteiger partial charge < -0.3 is 15.3 Å². The number of nitrogens with one attached hydrogen (secondary N) is 1. The third-order valence-electron chi connectivity index (χ3n) is 4.36. The Hall–Kier alpha value is -2.18. The van der Waals surface area contributed by atoms with Crippen molar-refractivity contribution >= 4 is 11.6 Å². The average molecular weight is 328 g/mol. The van der Waals surface area contributed by atoms with Crippen LogP contribution in [-0.2, 0) is 11.3 Å². The molecular formula is C18H24N4O2. The highest BCUT2D eigenvalue weighted by Crippen LogP contribution is 2.15. The largest absolute Gasteiger partial charge is 0.378 e. The van der Waals surface area contributed by atoms with Crippen molar-refractivity contribution in [3.63, 3.8) is 0 Å². The molecule has 1 aliphatic heterocycles. The van der Waals surface area contributed by atoms with E-state index < -0.39 is 12.0 Å². The molecule has 1 fully saturated rings. The number of hydrogen-bond donors (Lipinski definition) is 2. The molecule has 1 aromatic heterocycles. The van der Waals surface area contributed by atoms with E-state index in [1.807, 2.05) is 10.7 Å². The average Bonchev–Trinajstić information content (AvgIpc) is 3.08. The van der Waals surface area contributed by atoms with Crippen LogP contribution in [0.4, 0.5) is 5.69 Å². The summed E-state index contributed by atoms with van der Waals surface area (Å²) < 4.78 is 1.83. The fourth-order valence-electron chi connectivity index (χ4n) is 2.97. The van der Waals surface area contributed by atoms with E-state index >= 15 is 0 Å². The van der Waals surface area contributed by atoms with Gasteiger partial charge in [-0.1, -0.05) is 36.8 Å². The highest BCUT2D eigenvalue weighted by Gasteiger charge is 2.17. The molecule has 2 aromatic rings. The standard InChI is InChI=1S/C18H24N4O2/c23-17(15-7-3-1-4-8-15)18(24)20-16-13-19-22(14-16)12-11-21-9-5-2-6-10-21/h1,3-4,7-8,13-14,17,23H,2,5-6,9-12H2,(H,20,24)/t17-/m1/s1. The lowest BCUT2D eigenvalue weighted by molar-refractivity contribution is -0.124. The van der Waals surface area contributed by atoms with E-state index in [1.165, 1.54) is 19.3 Å². The Morgan fingerprint density at radius 3 is 2.67 bits per heavy atom. The molecule has 128 valence electrons. The molecule has 2 heterocycles. The lowest BCUT2D eigenvalue weighted by atomic mass is 10.1. The SMILES string of the molecule is O=C(Nc1cnn(CCN2CCCCC2)c1)[C@H](O)c1ccccc1. The van der Waals surface area contributed by atoms with Crippen molar-refractivity contribution in [2.45, 2.75) is 31.9 Å². The van der Waals surface area contributed by atoms with Gasteiger partial charge in [0.15, 0.2) is 6.10 Å². The lowest BCUT2D eigenvalue weighted by Crippen LogP contribution is -2.32. The summed E-state index contributed by atoms with van der Waals surface area (Å²) in [6.07, 6.45) is 6.13. The first-order valence-electron chi connectivity index (χ1n) is 8.51. The number of piperidine rings is 1. The summed E-state index contributed by atoms with van der Waals surface area (Å²) in [6, 6.07) is 8.90. The van der Waals surface area contributed by atoms with E-state index in [9.17, 15) is 9.90 Å². The van der Waals surface area contributed by atoms with Gasteiger partial charge in [0.25, 0.3) is 5.91 Å². The minimum atomic E-state index is -1.18. The van der Waals surface area contributed by atoms with E-state index in [0.717, 1.165) is 26.2 Å². The molecule has 6 heteroatoms. The third kappa shape index (κ3) is 4.43. The maximum Gasteiger partial charge on any atom is 0.257 e. The molecule has 0 saturated carbocycles. The van der Waals surface area contributed by atoms with Crippen LogP contribution in [0.15, 0.2) is 42.7 Å². The van der Waals surface area contributed by atoms with Gasteiger partial charge in [0.2, 0.25) is 0 Å². The molecule has 1 amide bonds. The number of rotatable bonds is 6. The van der Waals surface area contributed by atoms with Gasteiger partial charge >= 0.3 is 0 Å². The van der Waals surface area contributed by atoms with Crippen LogP contribution in [0.5, 0.6) is 0 Å². The van der Waals surface area contributed by atoms with Crippen LogP contribution in [0.2, 0.25) is 0 Å².